The van der Waals surface area contributed by atoms with Crippen molar-refractivity contribution < 1.29 is 4.74 Å². The lowest BCUT2D eigenvalue weighted by Crippen LogP contribution is -2.24. The molecule has 1 aliphatic carbocycles. The third-order valence-electron chi connectivity index (χ3n) is 3.03. The highest BCUT2D eigenvalue weighted by molar-refractivity contribution is 5.32. The summed E-state index contributed by atoms with van der Waals surface area (Å²) < 4.78 is 5.85. The van der Waals surface area contributed by atoms with Crippen LogP contribution in [0.4, 0.5) is 0 Å². The van der Waals surface area contributed by atoms with Crippen LogP contribution in [0.5, 0.6) is 5.75 Å². The molecule has 1 aromatic heterocycles. The van der Waals surface area contributed by atoms with Crippen molar-refractivity contribution in [1.82, 2.24) is 4.98 Å². The number of nitrogens with zero attached hydrogens (tertiary/aromatic N) is 2. The van der Waals surface area contributed by atoms with Gasteiger partial charge in [-0.1, -0.05) is 13.3 Å². The summed E-state index contributed by atoms with van der Waals surface area (Å²) in [6.45, 7) is 2.26. The van der Waals surface area contributed by atoms with Crippen molar-refractivity contribution in [3.05, 3.63) is 24.0 Å². The van der Waals surface area contributed by atoms with E-state index in [1.54, 1.807) is 18.5 Å². The van der Waals surface area contributed by atoms with Gasteiger partial charge in [0.15, 0.2) is 0 Å². The Morgan fingerprint density at radius 1 is 1.44 bits per heavy atom. The van der Waals surface area contributed by atoms with Crippen molar-refractivity contribution in [2.45, 2.75) is 38.7 Å². The molecule has 16 heavy (non-hydrogen) atoms. The van der Waals surface area contributed by atoms with Crippen LogP contribution in [-0.4, -0.2) is 11.1 Å². The number of hydrogen-bond donors (Lipinski definition) is 0. The summed E-state index contributed by atoms with van der Waals surface area (Å²) in [5.41, 5.74) is 0.557. The van der Waals surface area contributed by atoms with Gasteiger partial charge < -0.3 is 4.74 Å². The third kappa shape index (κ3) is 2.73. The molecule has 3 nitrogen and oxygen atoms in total. The summed E-state index contributed by atoms with van der Waals surface area (Å²) >= 11 is 0. The minimum absolute atomic E-state index is 0.291. The summed E-state index contributed by atoms with van der Waals surface area (Å²) in [5.74, 6) is 1.46. The lowest BCUT2D eigenvalue weighted by molar-refractivity contribution is 0.129. The predicted octanol–water partition coefficient (Wildman–Crippen LogP) is 2.91. The van der Waals surface area contributed by atoms with Crippen molar-refractivity contribution in [2.75, 3.05) is 0 Å². The second kappa shape index (κ2) is 4.98. The quantitative estimate of drug-likeness (QED) is 0.763. The normalized spacial score (nSPS) is 24.8. The van der Waals surface area contributed by atoms with Gasteiger partial charge in [-0.25, -0.2) is 0 Å². The number of aromatic nitrogens is 1. The first-order valence-electron chi connectivity index (χ1n) is 5.79. The monoisotopic (exact) mass is 216 g/mol. The Morgan fingerprint density at radius 2 is 2.31 bits per heavy atom. The largest absolute Gasteiger partial charge is 0.489 e. The van der Waals surface area contributed by atoms with Gasteiger partial charge in [0.1, 0.15) is 11.8 Å². The van der Waals surface area contributed by atoms with Crippen molar-refractivity contribution in [1.29, 1.82) is 5.26 Å². The molecule has 0 N–H and O–H groups in total. The zero-order valence-electron chi connectivity index (χ0n) is 9.52. The molecule has 1 aliphatic rings. The lowest BCUT2D eigenvalue weighted by Gasteiger charge is -2.27. The maximum atomic E-state index is 8.76. The molecule has 0 amide bonds. The highest BCUT2D eigenvalue weighted by Crippen LogP contribution is 2.27. The van der Waals surface area contributed by atoms with E-state index in [1.807, 2.05) is 0 Å². The van der Waals surface area contributed by atoms with E-state index in [4.69, 9.17) is 10.00 Å². The first kappa shape index (κ1) is 10.9. The van der Waals surface area contributed by atoms with Gasteiger partial charge in [0.05, 0.1) is 17.9 Å². The Morgan fingerprint density at radius 3 is 3.06 bits per heavy atom. The van der Waals surface area contributed by atoms with Crippen LogP contribution in [0.25, 0.3) is 0 Å². The molecule has 0 saturated heterocycles. The van der Waals surface area contributed by atoms with E-state index in [9.17, 15) is 0 Å². The molecule has 0 spiro atoms. The summed E-state index contributed by atoms with van der Waals surface area (Å²) in [4.78, 5) is 3.99. The number of nitriles is 1. The van der Waals surface area contributed by atoms with Gasteiger partial charge in [-0.2, -0.15) is 5.26 Å². The van der Waals surface area contributed by atoms with E-state index >= 15 is 0 Å². The van der Waals surface area contributed by atoms with Gasteiger partial charge in [0.2, 0.25) is 0 Å². The molecule has 2 atom stereocenters. The maximum absolute atomic E-state index is 8.76. The summed E-state index contributed by atoms with van der Waals surface area (Å²) in [7, 11) is 0. The van der Waals surface area contributed by atoms with E-state index in [-0.39, 0.29) is 0 Å². The standard InChI is InChI=1S/C13H16N2O/c1-10-3-2-4-12(5-10)16-13-6-11(7-14)8-15-9-13/h6,8-10,12H,2-5H2,1H3/t10-,12+/m0/s1. The average Bonchev–Trinajstić information content (AvgIpc) is 2.29. The molecule has 2 rings (SSSR count). The predicted molar refractivity (Wildman–Crippen MR) is 61.0 cm³/mol. The summed E-state index contributed by atoms with van der Waals surface area (Å²) in [6, 6.07) is 3.83. The van der Waals surface area contributed by atoms with E-state index in [0.717, 1.165) is 24.5 Å². The Bertz CT molecular complexity index is 397. The lowest BCUT2D eigenvalue weighted by atomic mass is 9.89. The van der Waals surface area contributed by atoms with Crippen LogP contribution >= 0.6 is 0 Å². The summed E-state index contributed by atoms with van der Waals surface area (Å²) in [6.07, 6.45) is 8.28. The molecule has 1 aromatic rings. The van der Waals surface area contributed by atoms with Gasteiger partial charge in [-0.05, 0) is 25.2 Å². The van der Waals surface area contributed by atoms with Gasteiger partial charge in [0, 0.05) is 12.3 Å². The number of pyridine rings is 1. The SMILES string of the molecule is C[C@H]1CCC[C@@H](Oc2cncc(C#N)c2)C1. The van der Waals surface area contributed by atoms with Crippen LogP contribution in [0.15, 0.2) is 18.5 Å². The van der Waals surface area contributed by atoms with Crippen molar-refractivity contribution in [3.8, 4) is 11.8 Å². The van der Waals surface area contributed by atoms with Crippen LogP contribution in [0.2, 0.25) is 0 Å². The third-order valence-corrected chi connectivity index (χ3v) is 3.03. The molecule has 0 radical (unpaired) electrons. The summed E-state index contributed by atoms with van der Waals surface area (Å²) in [5, 5.41) is 8.76. The van der Waals surface area contributed by atoms with Crippen LogP contribution in [0, 0.1) is 17.2 Å². The van der Waals surface area contributed by atoms with E-state index in [1.165, 1.54) is 12.8 Å². The average molecular weight is 216 g/mol. The van der Waals surface area contributed by atoms with Crippen molar-refractivity contribution >= 4 is 0 Å². The molecule has 84 valence electrons. The highest BCUT2D eigenvalue weighted by atomic mass is 16.5. The van der Waals surface area contributed by atoms with Gasteiger partial charge in [0.25, 0.3) is 0 Å². The zero-order chi connectivity index (χ0) is 11.4. The van der Waals surface area contributed by atoms with Crippen LogP contribution < -0.4 is 4.74 Å². The second-order valence-electron chi connectivity index (χ2n) is 4.53. The van der Waals surface area contributed by atoms with Gasteiger partial charge in [-0.3, -0.25) is 4.98 Å². The Balaban J connectivity index is 2.00. The Hall–Kier alpha value is -1.56. The Labute approximate surface area is 96.1 Å². The molecule has 0 bridgehead atoms. The van der Waals surface area contributed by atoms with Crippen LogP contribution in [0.1, 0.15) is 38.2 Å². The van der Waals surface area contributed by atoms with Gasteiger partial charge >= 0.3 is 0 Å². The fourth-order valence-electron chi connectivity index (χ4n) is 2.22. The minimum Gasteiger partial charge on any atom is -0.489 e. The zero-order valence-corrected chi connectivity index (χ0v) is 9.52. The number of rotatable bonds is 2. The first-order chi connectivity index (χ1) is 7.78. The van der Waals surface area contributed by atoms with Crippen molar-refractivity contribution in [2.24, 2.45) is 5.92 Å². The number of hydrogen-bond acceptors (Lipinski definition) is 3. The van der Waals surface area contributed by atoms with Crippen molar-refractivity contribution in [3.63, 3.8) is 0 Å². The highest BCUT2D eigenvalue weighted by Gasteiger charge is 2.20. The molecule has 1 fully saturated rings. The topological polar surface area (TPSA) is 45.9 Å². The van der Waals surface area contributed by atoms with Crippen LogP contribution in [0.3, 0.4) is 0 Å². The van der Waals surface area contributed by atoms with Gasteiger partial charge in [-0.15, -0.1) is 0 Å². The molecular formula is C13H16N2O. The molecule has 0 aliphatic heterocycles. The smallest absolute Gasteiger partial charge is 0.139 e. The Kier molecular flexibility index (Phi) is 3.40. The molecule has 1 heterocycles. The van der Waals surface area contributed by atoms with E-state index in [0.29, 0.717) is 11.7 Å². The molecule has 3 heteroatoms. The van der Waals surface area contributed by atoms with E-state index < -0.39 is 0 Å². The fraction of sp³-hybridized carbons (Fsp3) is 0.538. The van der Waals surface area contributed by atoms with E-state index in [2.05, 4.69) is 18.0 Å². The minimum atomic E-state index is 0.291. The number of ether oxygens (including phenoxy) is 1. The molecule has 0 unspecified atom stereocenters. The van der Waals surface area contributed by atoms with Crippen LogP contribution in [-0.2, 0) is 0 Å². The molecule has 1 saturated carbocycles. The molecular weight excluding hydrogens is 200 g/mol. The molecule has 0 aromatic carbocycles. The second-order valence-corrected chi connectivity index (χ2v) is 4.53. The fourth-order valence-corrected chi connectivity index (χ4v) is 2.22. The first-order valence-corrected chi connectivity index (χ1v) is 5.79. The maximum Gasteiger partial charge on any atom is 0.139 e.